The SMILES string of the molecule is CN(CCN1CCNCC1)Cc1sccc1Br. The molecule has 5 heteroatoms. The van der Waals surface area contributed by atoms with Gasteiger partial charge in [0.05, 0.1) is 0 Å². The number of nitrogens with zero attached hydrogens (tertiary/aromatic N) is 2. The van der Waals surface area contributed by atoms with Gasteiger partial charge in [0.25, 0.3) is 0 Å². The molecule has 0 radical (unpaired) electrons. The molecule has 17 heavy (non-hydrogen) atoms. The van der Waals surface area contributed by atoms with Gasteiger partial charge in [-0.25, -0.2) is 0 Å². The molecule has 0 bridgehead atoms. The van der Waals surface area contributed by atoms with Crippen molar-refractivity contribution >= 4 is 27.3 Å². The molecule has 1 saturated heterocycles. The molecule has 96 valence electrons. The Kier molecular flexibility index (Phi) is 5.44. The first-order chi connectivity index (χ1) is 8.25. The lowest BCUT2D eigenvalue weighted by molar-refractivity contribution is 0.203. The molecule has 1 N–H and O–H groups in total. The number of likely N-dealkylation sites (N-methyl/N-ethyl adjacent to an activating group) is 1. The van der Waals surface area contributed by atoms with Crippen LogP contribution in [0.5, 0.6) is 0 Å². The molecule has 3 nitrogen and oxygen atoms in total. The summed E-state index contributed by atoms with van der Waals surface area (Å²) in [5.41, 5.74) is 0. The van der Waals surface area contributed by atoms with Crippen LogP contribution < -0.4 is 5.32 Å². The summed E-state index contributed by atoms with van der Waals surface area (Å²) < 4.78 is 1.25. The number of thiophene rings is 1. The zero-order valence-electron chi connectivity index (χ0n) is 10.3. The fourth-order valence-electron chi connectivity index (χ4n) is 2.01. The van der Waals surface area contributed by atoms with Crippen LogP contribution >= 0.6 is 27.3 Å². The number of hydrogen-bond acceptors (Lipinski definition) is 4. The Bertz CT molecular complexity index is 336. The molecule has 0 unspecified atom stereocenters. The van der Waals surface area contributed by atoms with Crippen LogP contribution in [0.2, 0.25) is 0 Å². The monoisotopic (exact) mass is 317 g/mol. The van der Waals surface area contributed by atoms with Gasteiger partial charge < -0.3 is 5.32 Å². The van der Waals surface area contributed by atoms with Crippen LogP contribution in [0.25, 0.3) is 0 Å². The van der Waals surface area contributed by atoms with Crippen LogP contribution in [-0.4, -0.2) is 56.1 Å². The Morgan fingerprint density at radius 3 is 2.88 bits per heavy atom. The smallest absolute Gasteiger partial charge is 0.0336 e. The van der Waals surface area contributed by atoms with E-state index in [4.69, 9.17) is 0 Å². The lowest BCUT2D eigenvalue weighted by Gasteiger charge is -2.29. The molecule has 1 fully saturated rings. The van der Waals surface area contributed by atoms with E-state index in [1.807, 2.05) is 11.3 Å². The Labute approximate surface area is 116 Å². The molecular formula is C12H20BrN3S. The number of halogens is 1. The van der Waals surface area contributed by atoms with Crippen molar-refractivity contribution in [2.24, 2.45) is 0 Å². The van der Waals surface area contributed by atoms with E-state index < -0.39 is 0 Å². The van der Waals surface area contributed by atoms with E-state index in [0.717, 1.165) is 26.2 Å². The summed E-state index contributed by atoms with van der Waals surface area (Å²) >= 11 is 5.41. The topological polar surface area (TPSA) is 18.5 Å². The lowest BCUT2D eigenvalue weighted by Crippen LogP contribution is -2.45. The highest BCUT2D eigenvalue weighted by Gasteiger charge is 2.11. The maximum Gasteiger partial charge on any atom is 0.0336 e. The van der Waals surface area contributed by atoms with E-state index in [-0.39, 0.29) is 0 Å². The van der Waals surface area contributed by atoms with Gasteiger partial charge in [-0.1, -0.05) is 0 Å². The van der Waals surface area contributed by atoms with Gasteiger partial charge in [0, 0.05) is 55.2 Å². The van der Waals surface area contributed by atoms with Gasteiger partial charge in [-0.3, -0.25) is 9.80 Å². The minimum absolute atomic E-state index is 1.05. The maximum atomic E-state index is 3.59. The van der Waals surface area contributed by atoms with Crippen molar-refractivity contribution in [3.8, 4) is 0 Å². The van der Waals surface area contributed by atoms with Gasteiger partial charge in [-0.05, 0) is 34.4 Å². The summed E-state index contributed by atoms with van der Waals surface area (Å²) in [6, 6.07) is 2.13. The molecule has 0 aliphatic carbocycles. The van der Waals surface area contributed by atoms with Crippen LogP contribution in [0.3, 0.4) is 0 Å². The zero-order valence-corrected chi connectivity index (χ0v) is 12.7. The van der Waals surface area contributed by atoms with E-state index in [1.54, 1.807) is 0 Å². The highest BCUT2D eigenvalue weighted by Crippen LogP contribution is 2.23. The van der Waals surface area contributed by atoms with Gasteiger partial charge in [0.1, 0.15) is 0 Å². The molecule has 1 aliphatic rings. The van der Waals surface area contributed by atoms with E-state index >= 15 is 0 Å². The summed E-state index contributed by atoms with van der Waals surface area (Å²) in [7, 11) is 2.20. The van der Waals surface area contributed by atoms with Gasteiger partial charge >= 0.3 is 0 Å². The first-order valence-electron chi connectivity index (χ1n) is 6.09. The first kappa shape index (κ1) is 13.5. The summed E-state index contributed by atoms with van der Waals surface area (Å²) in [5, 5.41) is 5.53. The van der Waals surface area contributed by atoms with Crippen LogP contribution in [0.4, 0.5) is 0 Å². The van der Waals surface area contributed by atoms with Gasteiger partial charge in [0.2, 0.25) is 0 Å². The third kappa shape index (κ3) is 4.34. The van der Waals surface area contributed by atoms with Crippen molar-refractivity contribution in [3.63, 3.8) is 0 Å². The number of piperazine rings is 1. The Balaban J connectivity index is 1.70. The van der Waals surface area contributed by atoms with Crippen molar-refractivity contribution in [2.75, 3.05) is 46.3 Å². The average molecular weight is 318 g/mol. The molecular weight excluding hydrogens is 298 g/mol. The molecule has 2 rings (SSSR count). The highest BCUT2D eigenvalue weighted by atomic mass is 79.9. The van der Waals surface area contributed by atoms with E-state index in [9.17, 15) is 0 Å². The average Bonchev–Trinajstić information content (AvgIpc) is 2.74. The van der Waals surface area contributed by atoms with Crippen LogP contribution in [-0.2, 0) is 6.54 Å². The summed E-state index contributed by atoms with van der Waals surface area (Å²) in [6.07, 6.45) is 0. The molecule has 1 aliphatic heterocycles. The predicted octanol–water partition coefficient (Wildman–Crippen LogP) is 1.85. The predicted molar refractivity (Wildman–Crippen MR) is 77.7 cm³/mol. The molecule has 0 amide bonds. The van der Waals surface area contributed by atoms with Crippen LogP contribution in [0.1, 0.15) is 4.88 Å². The Morgan fingerprint density at radius 1 is 1.47 bits per heavy atom. The standard InChI is InChI=1S/C12H20BrN3S/c1-15(10-12-11(13)2-9-17-12)7-8-16-5-3-14-4-6-16/h2,9,14H,3-8,10H2,1H3. The number of rotatable bonds is 5. The van der Waals surface area contributed by atoms with Gasteiger partial charge in [-0.2, -0.15) is 0 Å². The lowest BCUT2D eigenvalue weighted by atomic mass is 10.3. The van der Waals surface area contributed by atoms with Crippen molar-refractivity contribution in [1.82, 2.24) is 15.1 Å². The van der Waals surface area contributed by atoms with Crippen molar-refractivity contribution in [2.45, 2.75) is 6.54 Å². The second kappa shape index (κ2) is 6.85. The number of hydrogen-bond donors (Lipinski definition) is 1. The van der Waals surface area contributed by atoms with E-state index in [2.05, 4.69) is 49.5 Å². The molecule has 1 aromatic rings. The van der Waals surface area contributed by atoms with Crippen molar-refractivity contribution in [1.29, 1.82) is 0 Å². The second-order valence-electron chi connectivity index (χ2n) is 4.52. The summed E-state index contributed by atoms with van der Waals surface area (Å²) in [5.74, 6) is 0. The first-order valence-corrected chi connectivity index (χ1v) is 7.76. The molecule has 0 aromatic carbocycles. The molecule has 2 heterocycles. The van der Waals surface area contributed by atoms with Gasteiger partial charge in [0.15, 0.2) is 0 Å². The molecule has 1 aromatic heterocycles. The third-order valence-electron chi connectivity index (χ3n) is 3.11. The minimum atomic E-state index is 1.05. The van der Waals surface area contributed by atoms with Crippen LogP contribution in [0, 0.1) is 0 Å². The van der Waals surface area contributed by atoms with Gasteiger partial charge in [-0.15, -0.1) is 11.3 Å². The molecule has 0 atom stereocenters. The fourth-order valence-corrected chi connectivity index (χ4v) is 3.57. The Morgan fingerprint density at radius 2 is 2.24 bits per heavy atom. The second-order valence-corrected chi connectivity index (χ2v) is 6.38. The third-order valence-corrected chi connectivity index (χ3v) is 5.02. The largest absolute Gasteiger partial charge is 0.314 e. The van der Waals surface area contributed by atoms with Crippen LogP contribution in [0.15, 0.2) is 15.9 Å². The van der Waals surface area contributed by atoms with E-state index in [0.29, 0.717) is 0 Å². The maximum absolute atomic E-state index is 3.59. The quantitative estimate of drug-likeness (QED) is 0.894. The Hall–Kier alpha value is 0.0600. The van der Waals surface area contributed by atoms with Crippen molar-refractivity contribution in [3.05, 3.63) is 20.8 Å². The van der Waals surface area contributed by atoms with E-state index in [1.165, 1.54) is 29.0 Å². The minimum Gasteiger partial charge on any atom is -0.314 e. The summed E-state index contributed by atoms with van der Waals surface area (Å²) in [6.45, 7) is 8.03. The van der Waals surface area contributed by atoms with Crippen molar-refractivity contribution < 1.29 is 0 Å². The molecule has 0 spiro atoms. The number of nitrogens with one attached hydrogen (secondary N) is 1. The fraction of sp³-hybridized carbons (Fsp3) is 0.667. The molecule has 0 saturated carbocycles. The normalized spacial score (nSPS) is 17.8. The zero-order chi connectivity index (χ0) is 12.1. The highest BCUT2D eigenvalue weighted by molar-refractivity contribution is 9.10. The summed E-state index contributed by atoms with van der Waals surface area (Å²) in [4.78, 5) is 6.36.